The molecule has 0 aliphatic rings. The first-order valence-corrected chi connectivity index (χ1v) is 4.85. The molecule has 0 unspecified atom stereocenters. The molecule has 3 heteroatoms. The Balaban J connectivity index is 2.31. The summed E-state index contributed by atoms with van der Waals surface area (Å²) in [5.74, 6) is 0. The van der Waals surface area contributed by atoms with Crippen molar-refractivity contribution < 1.29 is 4.74 Å². The monoisotopic (exact) mass is 202 g/mol. The molecule has 0 fully saturated rings. The summed E-state index contributed by atoms with van der Waals surface area (Å²) in [6, 6.07) is 7.91. The quantitative estimate of drug-likeness (QED) is 0.470. The number of para-hydroxylation sites is 1. The van der Waals surface area contributed by atoms with Gasteiger partial charge in [0.25, 0.3) is 0 Å². The Bertz CT molecular complexity index is 473. The number of hydrogen-bond donors (Lipinski definition) is 1. The summed E-state index contributed by atoms with van der Waals surface area (Å²) in [5, 5.41) is 1.14. The highest BCUT2D eigenvalue weighted by atomic mass is 16.5. The first-order chi connectivity index (χ1) is 7.33. The van der Waals surface area contributed by atoms with Crippen LogP contribution in [-0.4, -0.2) is 11.2 Å². The predicted molar refractivity (Wildman–Crippen MR) is 62.5 cm³/mol. The number of aromatic nitrogens is 1. The lowest BCUT2D eigenvalue weighted by Crippen LogP contribution is -2.02. The van der Waals surface area contributed by atoms with Crippen LogP contribution >= 0.6 is 0 Å². The second-order valence-corrected chi connectivity index (χ2v) is 3.36. The van der Waals surface area contributed by atoms with Gasteiger partial charge in [0.05, 0.1) is 17.8 Å². The van der Waals surface area contributed by atoms with E-state index in [1.54, 1.807) is 6.08 Å². The van der Waals surface area contributed by atoms with Crippen molar-refractivity contribution in [1.29, 1.82) is 0 Å². The van der Waals surface area contributed by atoms with E-state index in [0.717, 1.165) is 16.6 Å². The minimum atomic E-state index is 0.504. The van der Waals surface area contributed by atoms with E-state index >= 15 is 0 Å². The molecule has 3 nitrogen and oxygen atoms in total. The Kier molecular flexibility index (Phi) is 2.74. The summed E-state index contributed by atoms with van der Waals surface area (Å²) < 4.78 is 7.37. The molecule has 0 amide bonds. The molecule has 0 radical (unpaired) electrons. The van der Waals surface area contributed by atoms with Gasteiger partial charge in [-0.15, -0.1) is 6.58 Å². The van der Waals surface area contributed by atoms with E-state index in [1.165, 1.54) is 0 Å². The average Bonchev–Trinajstić information content (AvgIpc) is 2.63. The standard InChI is InChI=1S/C12H14N2O/c1-2-8-15-9-14-7-6-10-4-3-5-11(13)12(10)14/h2-7H,1,8-9,13H2. The zero-order valence-corrected chi connectivity index (χ0v) is 8.52. The van der Waals surface area contributed by atoms with Crippen molar-refractivity contribution in [3.05, 3.63) is 43.1 Å². The van der Waals surface area contributed by atoms with Crippen LogP contribution in [0.3, 0.4) is 0 Å². The maximum Gasteiger partial charge on any atom is 0.123 e. The van der Waals surface area contributed by atoms with Crippen LogP contribution in [-0.2, 0) is 11.5 Å². The summed E-state index contributed by atoms with van der Waals surface area (Å²) in [7, 11) is 0. The van der Waals surface area contributed by atoms with Crippen molar-refractivity contribution >= 4 is 16.6 Å². The summed E-state index contributed by atoms with van der Waals surface area (Å²) in [6.45, 7) is 4.65. The zero-order valence-electron chi connectivity index (χ0n) is 8.52. The highest BCUT2D eigenvalue weighted by Gasteiger charge is 2.03. The van der Waals surface area contributed by atoms with E-state index in [4.69, 9.17) is 10.5 Å². The van der Waals surface area contributed by atoms with Gasteiger partial charge in [-0.2, -0.15) is 0 Å². The maximum atomic E-state index is 5.91. The molecular formula is C12H14N2O. The fourth-order valence-corrected chi connectivity index (χ4v) is 1.63. The van der Waals surface area contributed by atoms with Crippen molar-refractivity contribution in [2.45, 2.75) is 6.73 Å². The molecule has 0 saturated heterocycles. The first kappa shape index (κ1) is 9.80. The Morgan fingerprint density at radius 2 is 2.27 bits per heavy atom. The number of fused-ring (bicyclic) bond motifs is 1. The zero-order chi connectivity index (χ0) is 10.7. The van der Waals surface area contributed by atoms with Crippen LogP contribution in [0.25, 0.3) is 10.9 Å². The number of anilines is 1. The number of nitrogens with zero attached hydrogens (tertiary/aromatic N) is 1. The topological polar surface area (TPSA) is 40.2 Å². The number of rotatable bonds is 4. The van der Waals surface area contributed by atoms with E-state index < -0.39 is 0 Å². The number of nitrogen functional groups attached to an aromatic ring is 1. The predicted octanol–water partition coefficient (Wildman–Crippen LogP) is 2.38. The fraction of sp³-hybridized carbons (Fsp3) is 0.167. The third-order valence-electron chi connectivity index (χ3n) is 2.29. The largest absolute Gasteiger partial charge is 0.397 e. The third kappa shape index (κ3) is 1.87. The van der Waals surface area contributed by atoms with Crippen LogP contribution in [0.1, 0.15) is 0 Å². The van der Waals surface area contributed by atoms with Gasteiger partial charge in [0, 0.05) is 11.6 Å². The van der Waals surface area contributed by atoms with Gasteiger partial charge in [0.15, 0.2) is 0 Å². The number of nitrogens with two attached hydrogens (primary N) is 1. The van der Waals surface area contributed by atoms with E-state index in [-0.39, 0.29) is 0 Å². The minimum absolute atomic E-state index is 0.504. The molecule has 15 heavy (non-hydrogen) atoms. The molecule has 2 aromatic rings. The van der Waals surface area contributed by atoms with Gasteiger partial charge in [-0.3, -0.25) is 0 Å². The van der Waals surface area contributed by atoms with E-state index in [1.807, 2.05) is 35.0 Å². The van der Waals surface area contributed by atoms with E-state index in [0.29, 0.717) is 13.3 Å². The maximum absolute atomic E-state index is 5.91. The molecule has 0 saturated carbocycles. The molecule has 0 aliphatic heterocycles. The van der Waals surface area contributed by atoms with E-state index in [2.05, 4.69) is 6.58 Å². The molecule has 0 bridgehead atoms. The summed E-state index contributed by atoms with van der Waals surface area (Å²) in [5.41, 5.74) is 7.72. The van der Waals surface area contributed by atoms with Gasteiger partial charge in [0.2, 0.25) is 0 Å². The van der Waals surface area contributed by atoms with Crippen molar-refractivity contribution in [2.75, 3.05) is 12.3 Å². The van der Waals surface area contributed by atoms with Crippen molar-refractivity contribution in [3.63, 3.8) is 0 Å². The van der Waals surface area contributed by atoms with Gasteiger partial charge in [-0.05, 0) is 12.1 Å². The Morgan fingerprint density at radius 1 is 1.40 bits per heavy atom. The van der Waals surface area contributed by atoms with Crippen LogP contribution in [0.4, 0.5) is 5.69 Å². The SMILES string of the molecule is C=CCOCn1ccc2cccc(N)c21. The molecule has 0 aliphatic carbocycles. The van der Waals surface area contributed by atoms with Gasteiger partial charge in [0.1, 0.15) is 6.73 Å². The summed E-state index contributed by atoms with van der Waals surface area (Å²) in [6.07, 6.45) is 3.71. The van der Waals surface area contributed by atoms with Crippen LogP contribution < -0.4 is 5.73 Å². The molecule has 0 spiro atoms. The summed E-state index contributed by atoms with van der Waals surface area (Å²) >= 11 is 0. The fourth-order valence-electron chi connectivity index (χ4n) is 1.63. The van der Waals surface area contributed by atoms with Gasteiger partial charge >= 0.3 is 0 Å². The highest BCUT2D eigenvalue weighted by Crippen LogP contribution is 2.21. The highest BCUT2D eigenvalue weighted by molar-refractivity contribution is 5.90. The van der Waals surface area contributed by atoms with E-state index in [9.17, 15) is 0 Å². The molecule has 78 valence electrons. The summed E-state index contributed by atoms with van der Waals surface area (Å²) in [4.78, 5) is 0. The van der Waals surface area contributed by atoms with Gasteiger partial charge in [-0.1, -0.05) is 18.2 Å². The van der Waals surface area contributed by atoms with Crippen molar-refractivity contribution in [1.82, 2.24) is 4.57 Å². The minimum Gasteiger partial charge on any atom is -0.397 e. The second-order valence-electron chi connectivity index (χ2n) is 3.36. The molecule has 1 aromatic carbocycles. The normalized spacial score (nSPS) is 10.7. The smallest absolute Gasteiger partial charge is 0.123 e. The average molecular weight is 202 g/mol. The van der Waals surface area contributed by atoms with Crippen LogP contribution in [0.2, 0.25) is 0 Å². The molecule has 2 rings (SSSR count). The van der Waals surface area contributed by atoms with Crippen LogP contribution in [0, 0.1) is 0 Å². The number of ether oxygens (including phenoxy) is 1. The Labute approximate surface area is 88.8 Å². The lowest BCUT2D eigenvalue weighted by Gasteiger charge is -2.06. The second kappa shape index (κ2) is 4.19. The third-order valence-corrected chi connectivity index (χ3v) is 2.29. The van der Waals surface area contributed by atoms with Crippen LogP contribution in [0.5, 0.6) is 0 Å². The Hall–Kier alpha value is -1.74. The van der Waals surface area contributed by atoms with Crippen molar-refractivity contribution in [2.24, 2.45) is 0 Å². The molecule has 0 atom stereocenters. The van der Waals surface area contributed by atoms with Gasteiger partial charge in [-0.25, -0.2) is 0 Å². The Morgan fingerprint density at radius 3 is 3.07 bits per heavy atom. The first-order valence-electron chi connectivity index (χ1n) is 4.85. The molecule has 1 aromatic heterocycles. The van der Waals surface area contributed by atoms with Crippen molar-refractivity contribution in [3.8, 4) is 0 Å². The number of benzene rings is 1. The number of hydrogen-bond acceptors (Lipinski definition) is 2. The molecule has 2 N–H and O–H groups in total. The van der Waals surface area contributed by atoms with Gasteiger partial charge < -0.3 is 15.0 Å². The lowest BCUT2D eigenvalue weighted by molar-refractivity contribution is 0.104. The molecule has 1 heterocycles. The van der Waals surface area contributed by atoms with Crippen LogP contribution in [0.15, 0.2) is 43.1 Å². The molecular weight excluding hydrogens is 188 g/mol. The lowest BCUT2D eigenvalue weighted by atomic mass is 10.2.